The van der Waals surface area contributed by atoms with Crippen molar-refractivity contribution >= 4 is 5.91 Å². The van der Waals surface area contributed by atoms with Crippen LogP contribution in [0.3, 0.4) is 0 Å². The van der Waals surface area contributed by atoms with Crippen molar-refractivity contribution in [3.05, 3.63) is 0 Å². The zero-order valence-electron chi connectivity index (χ0n) is 11.9. The molecule has 0 spiro atoms. The Bertz CT molecular complexity index is 414. The standard InChI is InChI=1S/C13H21NO6/c1-7(16)14-8-9-10(19-12(2,3)18-9)13(6-15)4-5-17-11(8)20-13/h8-11,15H,4-6H2,1-3H3,(H,14,16)/t8-,9+,10+,11?,13+/m0/s1. The first kappa shape index (κ1) is 14.2. The third kappa shape index (κ3) is 2.14. The number of carbonyl (C=O) groups excluding carboxylic acids is 1. The molecule has 2 N–H and O–H groups in total. The van der Waals surface area contributed by atoms with Crippen LogP contribution in [0.4, 0.5) is 0 Å². The molecule has 7 heteroatoms. The van der Waals surface area contributed by atoms with Gasteiger partial charge in [-0.3, -0.25) is 4.79 Å². The smallest absolute Gasteiger partial charge is 0.217 e. The molecule has 0 radical (unpaired) electrons. The van der Waals surface area contributed by atoms with Crippen LogP contribution in [-0.4, -0.2) is 60.2 Å². The molecule has 1 unspecified atom stereocenters. The van der Waals surface area contributed by atoms with E-state index in [0.717, 1.165) is 0 Å². The summed E-state index contributed by atoms with van der Waals surface area (Å²) >= 11 is 0. The number of nitrogens with one attached hydrogen (secondary N) is 1. The fraction of sp³-hybridized carbons (Fsp3) is 0.923. The van der Waals surface area contributed by atoms with Gasteiger partial charge in [-0.25, -0.2) is 0 Å². The molecular formula is C13H21NO6. The van der Waals surface area contributed by atoms with Gasteiger partial charge in [-0.05, 0) is 13.8 Å². The summed E-state index contributed by atoms with van der Waals surface area (Å²) in [5, 5.41) is 12.6. The van der Waals surface area contributed by atoms with E-state index in [1.54, 1.807) is 0 Å². The first-order valence-corrected chi connectivity index (χ1v) is 6.90. The van der Waals surface area contributed by atoms with Crippen LogP contribution in [0.5, 0.6) is 0 Å². The summed E-state index contributed by atoms with van der Waals surface area (Å²) in [7, 11) is 0. The van der Waals surface area contributed by atoms with Crippen LogP contribution in [-0.2, 0) is 23.7 Å². The van der Waals surface area contributed by atoms with Gasteiger partial charge < -0.3 is 29.4 Å². The fourth-order valence-corrected chi connectivity index (χ4v) is 3.26. The zero-order valence-corrected chi connectivity index (χ0v) is 11.9. The molecule has 3 aliphatic heterocycles. The van der Waals surface area contributed by atoms with Gasteiger partial charge in [0.15, 0.2) is 12.1 Å². The summed E-state index contributed by atoms with van der Waals surface area (Å²) < 4.78 is 23.3. The van der Waals surface area contributed by atoms with E-state index in [-0.39, 0.29) is 12.5 Å². The van der Waals surface area contributed by atoms with E-state index in [0.29, 0.717) is 13.0 Å². The molecule has 3 fully saturated rings. The summed E-state index contributed by atoms with van der Waals surface area (Å²) in [5.41, 5.74) is -0.823. The SMILES string of the molecule is CC(=O)N[C@@H]1C2OCC[C@](CO)(O2)[C@@H]2OC(C)(C)O[C@H]12. The van der Waals surface area contributed by atoms with E-state index < -0.39 is 35.9 Å². The van der Waals surface area contributed by atoms with Gasteiger partial charge in [0.2, 0.25) is 5.91 Å². The minimum atomic E-state index is -0.823. The number of fused-ring (bicyclic) bond motifs is 4. The minimum Gasteiger partial charge on any atom is -0.393 e. The molecule has 3 aliphatic rings. The Morgan fingerprint density at radius 2 is 2.10 bits per heavy atom. The van der Waals surface area contributed by atoms with Crippen LogP contribution < -0.4 is 5.32 Å². The number of hydrogen-bond donors (Lipinski definition) is 2. The van der Waals surface area contributed by atoms with Gasteiger partial charge in [-0.1, -0.05) is 0 Å². The molecule has 0 aromatic heterocycles. The largest absolute Gasteiger partial charge is 0.393 e. The average Bonchev–Trinajstić information content (AvgIpc) is 2.71. The Labute approximate surface area is 117 Å². The van der Waals surface area contributed by atoms with Gasteiger partial charge in [0.1, 0.15) is 23.9 Å². The van der Waals surface area contributed by atoms with E-state index >= 15 is 0 Å². The zero-order chi connectivity index (χ0) is 14.5. The molecule has 0 aromatic rings. The second-order valence-electron chi connectivity index (χ2n) is 6.08. The van der Waals surface area contributed by atoms with Crippen molar-refractivity contribution in [2.75, 3.05) is 13.2 Å². The third-order valence-corrected chi connectivity index (χ3v) is 4.09. The number of rotatable bonds is 2. The molecule has 114 valence electrons. The molecule has 3 saturated heterocycles. The quantitative estimate of drug-likeness (QED) is 0.713. The number of aliphatic hydroxyl groups excluding tert-OH is 1. The lowest BCUT2D eigenvalue weighted by Crippen LogP contribution is -2.71. The molecule has 3 heterocycles. The minimum absolute atomic E-state index is 0.166. The maximum Gasteiger partial charge on any atom is 0.217 e. The van der Waals surface area contributed by atoms with Gasteiger partial charge in [0.25, 0.3) is 0 Å². The molecule has 0 aromatic carbocycles. The van der Waals surface area contributed by atoms with Crippen molar-refractivity contribution in [2.45, 2.75) is 63.1 Å². The van der Waals surface area contributed by atoms with Crippen molar-refractivity contribution in [2.24, 2.45) is 0 Å². The number of aliphatic hydroxyl groups is 1. The Morgan fingerprint density at radius 3 is 2.75 bits per heavy atom. The third-order valence-electron chi connectivity index (χ3n) is 4.09. The van der Waals surface area contributed by atoms with Crippen LogP contribution in [0.15, 0.2) is 0 Å². The van der Waals surface area contributed by atoms with E-state index in [1.807, 2.05) is 13.8 Å². The molecule has 0 aliphatic carbocycles. The van der Waals surface area contributed by atoms with Gasteiger partial charge >= 0.3 is 0 Å². The Morgan fingerprint density at radius 1 is 1.35 bits per heavy atom. The summed E-state index contributed by atoms with van der Waals surface area (Å²) in [6.45, 7) is 5.35. The van der Waals surface area contributed by atoms with Crippen LogP contribution in [0, 0.1) is 0 Å². The molecule has 0 saturated carbocycles. The number of carbonyl (C=O) groups is 1. The van der Waals surface area contributed by atoms with E-state index in [4.69, 9.17) is 18.9 Å². The van der Waals surface area contributed by atoms with Crippen molar-refractivity contribution < 1.29 is 28.8 Å². The monoisotopic (exact) mass is 287 g/mol. The van der Waals surface area contributed by atoms with E-state index in [2.05, 4.69) is 5.32 Å². The summed E-state index contributed by atoms with van der Waals surface area (Å²) in [6, 6.07) is -0.445. The van der Waals surface area contributed by atoms with Gasteiger partial charge in [-0.15, -0.1) is 0 Å². The van der Waals surface area contributed by atoms with Gasteiger partial charge in [0.05, 0.1) is 13.2 Å². The fourth-order valence-electron chi connectivity index (χ4n) is 3.26. The summed E-state index contributed by atoms with van der Waals surface area (Å²) in [4.78, 5) is 11.4. The van der Waals surface area contributed by atoms with Crippen LogP contribution >= 0.6 is 0 Å². The normalized spacial score (nSPS) is 45.8. The van der Waals surface area contributed by atoms with Crippen molar-refractivity contribution in [1.29, 1.82) is 0 Å². The Balaban J connectivity index is 1.94. The topological polar surface area (TPSA) is 86.3 Å². The average molecular weight is 287 g/mol. The number of amides is 1. The van der Waals surface area contributed by atoms with Gasteiger partial charge in [0, 0.05) is 13.3 Å². The summed E-state index contributed by atoms with van der Waals surface area (Å²) in [6.07, 6.45) is -0.925. The number of hydrogen-bond acceptors (Lipinski definition) is 6. The highest BCUT2D eigenvalue weighted by atomic mass is 16.8. The van der Waals surface area contributed by atoms with Crippen LogP contribution in [0.25, 0.3) is 0 Å². The lowest BCUT2D eigenvalue weighted by Gasteiger charge is -2.51. The number of ether oxygens (including phenoxy) is 4. The van der Waals surface area contributed by atoms with Crippen molar-refractivity contribution in [3.8, 4) is 0 Å². The second kappa shape index (κ2) is 4.64. The molecule has 7 nitrogen and oxygen atoms in total. The first-order chi connectivity index (χ1) is 9.37. The Hall–Kier alpha value is -0.730. The predicted octanol–water partition coefficient (Wildman–Crippen LogP) is -0.481. The van der Waals surface area contributed by atoms with Gasteiger partial charge in [-0.2, -0.15) is 0 Å². The maximum atomic E-state index is 11.4. The molecular weight excluding hydrogens is 266 g/mol. The maximum absolute atomic E-state index is 11.4. The van der Waals surface area contributed by atoms with Crippen LogP contribution in [0.1, 0.15) is 27.2 Å². The van der Waals surface area contributed by atoms with E-state index in [1.165, 1.54) is 6.92 Å². The van der Waals surface area contributed by atoms with Crippen molar-refractivity contribution in [1.82, 2.24) is 5.32 Å². The molecule has 5 atom stereocenters. The second-order valence-corrected chi connectivity index (χ2v) is 6.08. The van der Waals surface area contributed by atoms with E-state index in [9.17, 15) is 9.90 Å². The van der Waals surface area contributed by atoms with Crippen molar-refractivity contribution in [3.63, 3.8) is 0 Å². The van der Waals surface area contributed by atoms with Crippen LogP contribution in [0.2, 0.25) is 0 Å². The lowest BCUT2D eigenvalue weighted by atomic mass is 9.82. The molecule has 1 amide bonds. The molecule has 2 bridgehead atoms. The first-order valence-electron chi connectivity index (χ1n) is 6.90. The lowest BCUT2D eigenvalue weighted by molar-refractivity contribution is -0.330. The highest BCUT2D eigenvalue weighted by Gasteiger charge is 2.63. The highest BCUT2D eigenvalue weighted by molar-refractivity contribution is 5.73. The molecule has 3 rings (SSSR count). The Kier molecular flexibility index (Phi) is 3.30. The highest BCUT2D eigenvalue weighted by Crippen LogP contribution is 2.45. The summed E-state index contributed by atoms with van der Waals surface area (Å²) in [5.74, 6) is -0.967. The predicted molar refractivity (Wildman–Crippen MR) is 66.7 cm³/mol. The molecule has 20 heavy (non-hydrogen) atoms.